The van der Waals surface area contributed by atoms with Crippen molar-refractivity contribution < 1.29 is 44.2 Å². The summed E-state index contributed by atoms with van der Waals surface area (Å²) >= 11 is 0. The van der Waals surface area contributed by atoms with E-state index in [0.717, 1.165) is 18.1 Å². The van der Waals surface area contributed by atoms with Crippen molar-refractivity contribution in [1.29, 1.82) is 0 Å². The maximum Gasteiger partial charge on any atom is 0.342 e. The second kappa shape index (κ2) is 13.7. The SMILES string of the molecule is C=C(C)C[C@H](OC)[C@H](O)C(=O)N[C@@H](OC)[C@@H]1CCC(C)(C)[C@@H](C[C@H](O)[C@@H](C)[C@H]2Cc3c(C)c(O)cc(O)c3C(=O)O2)N1. The van der Waals surface area contributed by atoms with Crippen LogP contribution >= 0.6 is 0 Å². The number of methoxy groups -OCH3 is 2. The number of rotatable bonds is 12. The van der Waals surface area contributed by atoms with E-state index in [-0.39, 0.29) is 41.0 Å². The van der Waals surface area contributed by atoms with Crippen LogP contribution in [0.5, 0.6) is 11.5 Å². The van der Waals surface area contributed by atoms with Gasteiger partial charge in [-0.1, -0.05) is 26.3 Å². The number of piperidine rings is 1. The molecule has 1 aromatic carbocycles. The molecule has 6 N–H and O–H groups in total. The highest BCUT2D eigenvalue weighted by Gasteiger charge is 2.43. The van der Waals surface area contributed by atoms with Crippen LogP contribution in [0.3, 0.4) is 0 Å². The molecule has 0 saturated carbocycles. The van der Waals surface area contributed by atoms with Gasteiger partial charge in [-0.3, -0.25) is 4.79 Å². The molecule has 2 aliphatic rings. The van der Waals surface area contributed by atoms with Gasteiger partial charge >= 0.3 is 5.97 Å². The molecule has 1 amide bonds. The van der Waals surface area contributed by atoms with Crippen molar-refractivity contribution in [3.05, 3.63) is 34.9 Å². The quantitative estimate of drug-likeness (QED) is 0.121. The minimum Gasteiger partial charge on any atom is -0.508 e. The highest BCUT2D eigenvalue weighted by Crippen LogP contribution is 2.40. The fraction of sp³-hybridized carbons (Fsp3) is 0.677. The van der Waals surface area contributed by atoms with Crippen molar-refractivity contribution in [2.24, 2.45) is 11.3 Å². The van der Waals surface area contributed by atoms with Gasteiger partial charge in [0, 0.05) is 38.7 Å². The fourth-order valence-corrected chi connectivity index (χ4v) is 6.01. The van der Waals surface area contributed by atoms with Crippen LogP contribution in [-0.4, -0.2) is 89.2 Å². The number of fused-ring (bicyclic) bond motifs is 1. The Balaban J connectivity index is 1.69. The number of aliphatic hydroxyl groups excluding tert-OH is 2. The summed E-state index contributed by atoms with van der Waals surface area (Å²) in [4.78, 5) is 25.6. The Labute approximate surface area is 248 Å². The van der Waals surface area contributed by atoms with Crippen LogP contribution in [0.25, 0.3) is 0 Å². The van der Waals surface area contributed by atoms with Gasteiger partial charge < -0.3 is 45.3 Å². The van der Waals surface area contributed by atoms with E-state index < -0.39 is 48.4 Å². The zero-order valence-corrected chi connectivity index (χ0v) is 25.8. The third-order valence-electron chi connectivity index (χ3n) is 9.04. The highest BCUT2D eigenvalue weighted by atomic mass is 16.5. The number of aliphatic hydroxyl groups is 2. The number of benzene rings is 1. The number of cyclic esters (lactones) is 1. The van der Waals surface area contributed by atoms with Crippen molar-refractivity contribution in [2.75, 3.05) is 14.2 Å². The predicted octanol–water partition coefficient (Wildman–Crippen LogP) is 2.45. The van der Waals surface area contributed by atoms with Gasteiger partial charge in [-0.05, 0) is 56.1 Å². The number of carbonyl (C=O) groups is 2. The van der Waals surface area contributed by atoms with Crippen LogP contribution in [0.15, 0.2) is 18.2 Å². The summed E-state index contributed by atoms with van der Waals surface area (Å²) in [5.41, 5.74) is 1.64. The van der Waals surface area contributed by atoms with Gasteiger partial charge in [0.25, 0.3) is 5.91 Å². The molecule has 42 heavy (non-hydrogen) atoms. The maximum atomic E-state index is 12.9. The summed E-state index contributed by atoms with van der Waals surface area (Å²) in [5.74, 6) is -2.18. The van der Waals surface area contributed by atoms with Gasteiger partial charge in [-0.25, -0.2) is 4.79 Å². The van der Waals surface area contributed by atoms with Crippen molar-refractivity contribution in [1.82, 2.24) is 10.6 Å². The number of carbonyl (C=O) groups excluding carboxylic acids is 2. The first-order valence-corrected chi connectivity index (χ1v) is 14.5. The normalized spacial score (nSPS) is 25.4. The van der Waals surface area contributed by atoms with Crippen molar-refractivity contribution in [3.63, 3.8) is 0 Å². The molecule has 3 rings (SSSR count). The van der Waals surface area contributed by atoms with E-state index in [2.05, 4.69) is 31.1 Å². The first-order valence-electron chi connectivity index (χ1n) is 14.5. The summed E-state index contributed by atoms with van der Waals surface area (Å²) in [6.07, 6.45) is -1.98. The molecule has 0 spiro atoms. The van der Waals surface area contributed by atoms with Crippen molar-refractivity contribution in [2.45, 2.75) is 109 Å². The summed E-state index contributed by atoms with van der Waals surface area (Å²) in [5, 5.41) is 48.6. The zero-order valence-electron chi connectivity index (χ0n) is 25.8. The third kappa shape index (κ3) is 7.44. The van der Waals surface area contributed by atoms with Gasteiger partial charge in [0.2, 0.25) is 0 Å². The number of hydrogen-bond donors (Lipinski definition) is 6. The lowest BCUT2D eigenvalue weighted by Crippen LogP contribution is -2.62. The molecule has 2 aliphatic heterocycles. The summed E-state index contributed by atoms with van der Waals surface area (Å²) < 4.78 is 16.6. The van der Waals surface area contributed by atoms with Crippen LogP contribution in [0.4, 0.5) is 0 Å². The average molecular weight is 593 g/mol. The van der Waals surface area contributed by atoms with Gasteiger partial charge in [0.05, 0.1) is 18.2 Å². The number of phenols is 2. The molecule has 0 aliphatic carbocycles. The maximum absolute atomic E-state index is 12.9. The summed E-state index contributed by atoms with van der Waals surface area (Å²) in [6.45, 7) is 13.3. The minimum atomic E-state index is -1.40. The monoisotopic (exact) mass is 592 g/mol. The first kappa shape index (κ1) is 33.8. The van der Waals surface area contributed by atoms with Gasteiger partial charge in [-0.2, -0.15) is 0 Å². The molecule has 8 atom stereocenters. The number of aromatic hydroxyl groups is 2. The topological polar surface area (TPSA) is 167 Å². The Kier molecular flexibility index (Phi) is 11.0. The molecule has 1 aromatic rings. The van der Waals surface area contributed by atoms with Crippen LogP contribution in [-0.2, 0) is 25.4 Å². The Bertz CT molecular complexity index is 1150. The number of amides is 1. The second-order valence-corrected chi connectivity index (χ2v) is 12.6. The number of nitrogens with one attached hydrogen (secondary N) is 2. The molecule has 11 nitrogen and oxygen atoms in total. The molecular formula is C31H48N2O9. The molecular weight excluding hydrogens is 544 g/mol. The van der Waals surface area contributed by atoms with Crippen LogP contribution in [0.1, 0.15) is 74.9 Å². The zero-order chi connectivity index (χ0) is 31.5. The van der Waals surface area contributed by atoms with E-state index >= 15 is 0 Å². The smallest absolute Gasteiger partial charge is 0.342 e. The van der Waals surface area contributed by atoms with E-state index in [9.17, 15) is 30.0 Å². The largest absolute Gasteiger partial charge is 0.508 e. The minimum absolute atomic E-state index is 0.0513. The van der Waals surface area contributed by atoms with Crippen molar-refractivity contribution in [3.8, 4) is 11.5 Å². The molecule has 0 bridgehead atoms. The van der Waals surface area contributed by atoms with Crippen LogP contribution < -0.4 is 10.6 Å². The van der Waals surface area contributed by atoms with Crippen LogP contribution in [0.2, 0.25) is 0 Å². The van der Waals surface area contributed by atoms with Gasteiger partial charge in [0.15, 0.2) is 6.10 Å². The van der Waals surface area contributed by atoms with Crippen LogP contribution in [0, 0.1) is 18.3 Å². The fourth-order valence-electron chi connectivity index (χ4n) is 6.01. The predicted molar refractivity (Wildman–Crippen MR) is 156 cm³/mol. The summed E-state index contributed by atoms with van der Waals surface area (Å²) in [7, 11) is 2.92. The Morgan fingerprint density at radius 1 is 1.24 bits per heavy atom. The standard InChI is InChI=1S/C31H48N2O9/c1-15(2)11-24(40-7)27(37)28(38)33-29(41-8)19-9-10-31(5,6)25(32-19)14-21(35)17(4)23-12-18-16(3)20(34)13-22(36)26(18)30(39)42-23/h13,17,19,21,23-25,27,29,32,34-37H,1,9-12,14H2,2-8H3,(H,33,38)/t17-,19+,21+,23-,24+,25-,27+,29+/m1/s1. The molecule has 1 saturated heterocycles. The van der Waals surface area contributed by atoms with Gasteiger partial charge in [0.1, 0.15) is 29.4 Å². The Morgan fingerprint density at radius 3 is 2.50 bits per heavy atom. The third-order valence-corrected chi connectivity index (χ3v) is 9.04. The summed E-state index contributed by atoms with van der Waals surface area (Å²) in [6, 6.07) is 0.669. The van der Waals surface area contributed by atoms with Crippen molar-refractivity contribution >= 4 is 11.9 Å². The van der Waals surface area contributed by atoms with E-state index in [1.54, 1.807) is 13.8 Å². The lowest BCUT2D eigenvalue weighted by Gasteiger charge is -2.46. The second-order valence-electron chi connectivity index (χ2n) is 12.6. The molecule has 0 aromatic heterocycles. The highest BCUT2D eigenvalue weighted by molar-refractivity contribution is 5.96. The molecule has 2 heterocycles. The lowest BCUT2D eigenvalue weighted by atomic mass is 9.72. The number of esters is 1. The van der Waals surface area contributed by atoms with E-state index in [1.165, 1.54) is 14.2 Å². The van der Waals surface area contributed by atoms with E-state index in [0.29, 0.717) is 30.4 Å². The Hall–Kier alpha value is -2.70. The molecule has 0 unspecified atom stereocenters. The molecule has 1 fully saturated rings. The van der Waals surface area contributed by atoms with E-state index in [1.807, 2.05) is 6.92 Å². The number of phenolic OH excluding ortho intramolecular Hbond substituents is 2. The molecule has 11 heteroatoms. The van der Waals surface area contributed by atoms with Gasteiger partial charge in [-0.15, -0.1) is 6.58 Å². The Morgan fingerprint density at radius 2 is 1.90 bits per heavy atom. The van der Waals surface area contributed by atoms with E-state index in [4.69, 9.17) is 14.2 Å². The number of ether oxygens (including phenoxy) is 3. The molecule has 236 valence electrons. The average Bonchev–Trinajstić information content (AvgIpc) is 2.92. The first-order chi connectivity index (χ1) is 19.6. The molecule has 0 radical (unpaired) electrons. The number of hydrogen-bond acceptors (Lipinski definition) is 10. The lowest BCUT2D eigenvalue weighted by molar-refractivity contribution is -0.141.